The lowest BCUT2D eigenvalue weighted by molar-refractivity contribution is -0.120. The molecule has 0 fully saturated rings. The highest BCUT2D eigenvalue weighted by Crippen LogP contribution is 2.23. The van der Waals surface area contributed by atoms with Crippen LogP contribution in [-0.4, -0.2) is 12.5 Å². The molecule has 2 rings (SSSR count). The van der Waals surface area contributed by atoms with Gasteiger partial charge in [0.1, 0.15) is 11.3 Å². The van der Waals surface area contributed by atoms with Gasteiger partial charge in [0.2, 0.25) is 5.91 Å². The fourth-order valence-corrected chi connectivity index (χ4v) is 1.59. The zero-order valence-electron chi connectivity index (χ0n) is 9.07. The van der Waals surface area contributed by atoms with Crippen molar-refractivity contribution in [2.24, 2.45) is 5.73 Å². The number of nitrogens with one attached hydrogen (secondary N) is 1. The van der Waals surface area contributed by atoms with Crippen LogP contribution in [0.3, 0.4) is 0 Å². The van der Waals surface area contributed by atoms with Gasteiger partial charge in [-0.25, -0.2) is 0 Å². The number of rotatable bonds is 3. The number of para-hydroxylation sites is 1. The van der Waals surface area contributed by atoms with Crippen LogP contribution in [-0.2, 0) is 4.79 Å². The lowest BCUT2D eigenvalue weighted by Gasteiger charge is -2.09. The molecule has 1 amide bonds. The second-order valence-corrected chi connectivity index (χ2v) is 3.68. The topological polar surface area (TPSA) is 68.3 Å². The molecule has 1 aromatic carbocycles. The lowest BCUT2D eigenvalue weighted by atomic mass is 10.2. The summed E-state index contributed by atoms with van der Waals surface area (Å²) in [4.78, 5) is 11.1. The minimum atomic E-state index is -0.187. The van der Waals surface area contributed by atoms with Gasteiger partial charge < -0.3 is 15.5 Å². The number of fused-ring (bicyclic) bond motifs is 1. The molecule has 0 radical (unpaired) electrons. The molecule has 0 saturated heterocycles. The highest BCUT2D eigenvalue weighted by molar-refractivity contribution is 5.79. The minimum Gasteiger partial charge on any atom is -0.459 e. The van der Waals surface area contributed by atoms with Crippen molar-refractivity contribution >= 4 is 16.9 Å². The van der Waals surface area contributed by atoms with Crippen LogP contribution >= 0.6 is 0 Å². The van der Waals surface area contributed by atoms with Crippen LogP contribution in [0.4, 0.5) is 0 Å². The molecule has 0 bridgehead atoms. The molecule has 0 aliphatic rings. The largest absolute Gasteiger partial charge is 0.459 e. The molecule has 3 N–H and O–H groups in total. The molecular formula is C12H14N2O2. The standard InChI is InChI=1S/C12H14N2O2/c1-8(14-12(15)7-13)11-6-9-4-2-3-5-10(9)16-11/h2-6,8H,7,13H2,1H3,(H,14,15). The van der Waals surface area contributed by atoms with E-state index in [1.807, 2.05) is 37.3 Å². The maximum atomic E-state index is 11.1. The first-order chi connectivity index (χ1) is 7.70. The zero-order chi connectivity index (χ0) is 11.5. The molecule has 16 heavy (non-hydrogen) atoms. The van der Waals surface area contributed by atoms with E-state index in [0.717, 1.165) is 16.7 Å². The molecule has 1 aromatic heterocycles. The third-order valence-electron chi connectivity index (χ3n) is 2.43. The van der Waals surface area contributed by atoms with Gasteiger partial charge in [-0.15, -0.1) is 0 Å². The first-order valence-electron chi connectivity index (χ1n) is 5.18. The van der Waals surface area contributed by atoms with Crippen LogP contribution in [0.1, 0.15) is 18.7 Å². The van der Waals surface area contributed by atoms with Gasteiger partial charge in [-0.2, -0.15) is 0 Å². The summed E-state index contributed by atoms with van der Waals surface area (Å²) in [7, 11) is 0. The molecule has 84 valence electrons. The number of hydrogen-bond donors (Lipinski definition) is 2. The van der Waals surface area contributed by atoms with Gasteiger partial charge >= 0.3 is 0 Å². The predicted octanol–water partition coefficient (Wildman–Crippen LogP) is 1.57. The van der Waals surface area contributed by atoms with Crippen molar-refractivity contribution in [3.05, 3.63) is 36.1 Å². The quantitative estimate of drug-likeness (QED) is 0.821. The zero-order valence-corrected chi connectivity index (χ0v) is 9.07. The molecule has 1 heterocycles. The van der Waals surface area contributed by atoms with Crippen molar-refractivity contribution in [1.29, 1.82) is 0 Å². The number of hydrogen-bond acceptors (Lipinski definition) is 3. The van der Waals surface area contributed by atoms with Crippen molar-refractivity contribution in [3.63, 3.8) is 0 Å². The highest BCUT2D eigenvalue weighted by atomic mass is 16.3. The van der Waals surface area contributed by atoms with E-state index in [1.165, 1.54) is 0 Å². The van der Waals surface area contributed by atoms with Gasteiger partial charge in [0.25, 0.3) is 0 Å². The normalized spacial score (nSPS) is 12.6. The molecule has 4 heteroatoms. The molecule has 0 spiro atoms. The van der Waals surface area contributed by atoms with Crippen LogP contribution in [0, 0.1) is 0 Å². The Morgan fingerprint density at radius 2 is 2.25 bits per heavy atom. The summed E-state index contributed by atoms with van der Waals surface area (Å²) in [5, 5.41) is 3.78. The Hall–Kier alpha value is -1.81. The summed E-state index contributed by atoms with van der Waals surface area (Å²) in [5.41, 5.74) is 6.06. The van der Waals surface area contributed by atoms with E-state index in [9.17, 15) is 4.79 Å². The van der Waals surface area contributed by atoms with E-state index < -0.39 is 0 Å². The average Bonchev–Trinajstić information content (AvgIpc) is 2.72. The molecular weight excluding hydrogens is 204 g/mol. The van der Waals surface area contributed by atoms with E-state index in [0.29, 0.717) is 0 Å². The summed E-state index contributed by atoms with van der Waals surface area (Å²) in [6.45, 7) is 1.86. The number of nitrogens with two attached hydrogens (primary N) is 1. The molecule has 0 saturated carbocycles. The summed E-state index contributed by atoms with van der Waals surface area (Å²) in [6, 6.07) is 9.50. The molecule has 4 nitrogen and oxygen atoms in total. The van der Waals surface area contributed by atoms with Crippen LogP contribution in [0.5, 0.6) is 0 Å². The van der Waals surface area contributed by atoms with Gasteiger partial charge in [0, 0.05) is 5.39 Å². The molecule has 1 atom stereocenters. The number of benzene rings is 1. The van der Waals surface area contributed by atoms with E-state index in [1.54, 1.807) is 0 Å². The monoisotopic (exact) mass is 218 g/mol. The first kappa shape index (κ1) is 10.7. The number of carbonyl (C=O) groups is 1. The van der Waals surface area contributed by atoms with Gasteiger partial charge in [0.15, 0.2) is 0 Å². The second kappa shape index (κ2) is 4.37. The fourth-order valence-electron chi connectivity index (χ4n) is 1.59. The minimum absolute atomic E-state index is 0.00936. The molecule has 2 aromatic rings. The Kier molecular flexibility index (Phi) is 2.92. The summed E-state index contributed by atoms with van der Waals surface area (Å²) in [6.07, 6.45) is 0. The van der Waals surface area contributed by atoms with Crippen molar-refractivity contribution in [2.45, 2.75) is 13.0 Å². The van der Waals surface area contributed by atoms with Gasteiger partial charge in [-0.1, -0.05) is 18.2 Å². The van der Waals surface area contributed by atoms with Gasteiger partial charge in [-0.3, -0.25) is 4.79 Å². The van der Waals surface area contributed by atoms with E-state index in [-0.39, 0.29) is 18.5 Å². The van der Waals surface area contributed by atoms with Crippen molar-refractivity contribution in [1.82, 2.24) is 5.32 Å². The maximum absolute atomic E-state index is 11.1. The van der Waals surface area contributed by atoms with Crippen molar-refractivity contribution in [2.75, 3.05) is 6.54 Å². The lowest BCUT2D eigenvalue weighted by Crippen LogP contribution is -2.32. The summed E-state index contributed by atoms with van der Waals surface area (Å²) in [5.74, 6) is 0.552. The summed E-state index contributed by atoms with van der Waals surface area (Å²) < 4.78 is 5.62. The van der Waals surface area contributed by atoms with Gasteiger partial charge in [0.05, 0.1) is 12.6 Å². The Morgan fingerprint density at radius 1 is 1.50 bits per heavy atom. The molecule has 0 aliphatic carbocycles. The highest BCUT2D eigenvalue weighted by Gasteiger charge is 2.12. The van der Waals surface area contributed by atoms with E-state index >= 15 is 0 Å². The number of furan rings is 1. The Morgan fingerprint density at radius 3 is 2.94 bits per heavy atom. The Labute approximate surface area is 93.4 Å². The van der Waals surface area contributed by atoms with Crippen LogP contribution in [0.15, 0.2) is 34.7 Å². The van der Waals surface area contributed by atoms with E-state index in [4.69, 9.17) is 10.2 Å². The van der Waals surface area contributed by atoms with Crippen molar-refractivity contribution < 1.29 is 9.21 Å². The Balaban J connectivity index is 2.23. The van der Waals surface area contributed by atoms with Crippen LogP contribution < -0.4 is 11.1 Å². The summed E-state index contributed by atoms with van der Waals surface area (Å²) >= 11 is 0. The fraction of sp³-hybridized carbons (Fsp3) is 0.250. The third-order valence-corrected chi connectivity index (χ3v) is 2.43. The van der Waals surface area contributed by atoms with Crippen LogP contribution in [0.25, 0.3) is 11.0 Å². The predicted molar refractivity (Wildman–Crippen MR) is 61.8 cm³/mol. The van der Waals surface area contributed by atoms with Crippen LogP contribution in [0.2, 0.25) is 0 Å². The van der Waals surface area contributed by atoms with Gasteiger partial charge in [-0.05, 0) is 19.1 Å². The number of amides is 1. The molecule has 1 unspecified atom stereocenters. The number of carbonyl (C=O) groups excluding carboxylic acids is 1. The smallest absolute Gasteiger partial charge is 0.234 e. The third kappa shape index (κ3) is 2.06. The average molecular weight is 218 g/mol. The van der Waals surface area contributed by atoms with Crippen molar-refractivity contribution in [3.8, 4) is 0 Å². The molecule has 0 aliphatic heterocycles. The Bertz CT molecular complexity index is 471. The SMILES string of the molecule is CC(NC(=O)CN)c1cc2ccccc2o1. The second-order valence-electron chi connectivity index (χ2n) is 3.68. The first-order valence-corrected chi connectivity index (χ1v) is 5.18. The maximum Gasteiger partial charge on any atom is 0.234 e. The van der Waals surface area contributed by atoms with E-state index in [2.05, 4.69) is 5.32 Å².